The summed E-state index contributed by atoms with van der Waals surface area (Å²) in [5, 5.41) is 9.45. The van der Waals surface area contributed by atoms with Crippen molar-refractivity contribution in [3.63, 3.8) is 0 Å². The molecule has 1 saturated heterocycles. The number of benzene rings is 1. The van der Waals surface area contributed by atoms with Gasteiger partial charge in [-0.05, 0) is 37.1 Å². The molecule has 1 aliphatic heterocycles. The normalized spacial score (nSPS) is 14.9. The SMILES string of the molecule is O=C(Cc1cc(N2CCCCCC2)nc(-c2ccc(Cl)cc2)n1)NO. The molecule has 1 amide bonds. The molecule has 0 spiro atoms. The Hall–Kier alpha value is -2.18. The van der Waals surface area contributed by atoms with Crippen molar-refractivity contribution in [1.29, 1.82) is 0 Å². The summed E-state index contributed by atoms with van der Waals surface area (Å²) in [6.45, 7) is 1.89. The summed E-state index contributed by atoms with van der Waals surface area (Å²) in [5.74, 6) is 0.879. The van der Waals surface area contributed by atoms with E-state index < -0.39 is 5.91 Å². The minimum Gasteiger partial charge on any atom is -0.356 e. The van der Waals surface area contributed by atoms with Gasteiger partial charge in [0.1, 0.15) is 5.82 Å². The number of carbonyl (C=O) groups is 1. The molecule has 1 aromatic carbocycles. The van der Waals surface area contributed by atoms with Gasteiger partial charge in [0, 0.05) is 29.7 Å². The zero-order chi connectivity index (χ0) is 17.6. The molecule has 1 aromatic heterocycles. The van der Waals surface area contributed by atoms with E-state index in [4.69, 9.17) is 21.8 Å². The van der Waals surface area contributed by atoms with Gasteiger partial charge in [-0.1, -0.05) is 24.4 Å². The monoisotopic (exact) mass is 360 g/mol. The molecule has 0 bridgehead atoms. The molecule has 0 aliphatic carbocycles. The maximum atomic E-state index is 11.6. The van der Waals surface area contributed by atoms with Crippen LogP contribution in [0.25, 0.3) is 11.4 Å². The van der Waals surface area contributed by atoms with Crippen LogP contribution in [0.2, 0.25) is 5.02 Å². The van der Waals surface area contributed by atoms with Crippen LogP contribution < -0.4 is 10.4 Å². The Morgan fingerprint density at radius 1 is 1.12 bits per heavy atom. The van der Waals surface area contributed by atoms with E-state index in [0.717, 1.165) is 37.3 Å². The number of hydrogen-bond acceptors (Lipinski definition) is 5. The highest BCUT2D eigenvalue weighted by atomic mass is 35.5. The Morgan fingerprint density at radius 2 is 1.80 bits per heavy atom. The van der Waals surface area contributed by atoms with Crippen LogP contribution in [0.1, 0.15) is 31.4 Å². The van der Waals surface area contributed by atoms with Gasteiger partial charge in [0.15, 0.2) is 5.82 Å². The molecule has 6 nitrogen and oxygen atoms in total. The predicted octanol–water partition coefficient (Wildman–Crippen LogP) is 3.23. The average Bonchev–Trinajstić information content (AvgIpc) is 2.91. The number of rotatable bonds is 4. The van der Waals surface area contributed by atoms with Crippen molar-refractivity contribution in [3.8, 4) is 11.4 Å². The van der Waals surface area contributed by atoms with Gasteiger partial charge in [-0.25, -0.2) is 15.4 Å². The summed E-state index contributed by atoms with van der Waals surface area (Å²) < 4.78 is 0. The lowest BCUT2D eigenvalue weighted by Gasteiger charge is -2.22. The van der Waals surface area contributed by atoms with Gasteiger partial charge in [-0.15, -0.1) is 0 Å². The Bertz CT molecular complexity index is 728. The molecule has 3 rings (SSSR count). The third-order valence-corrected chi connectivity index (χ3v) is 4.52. The first-order valence-electron chi connectivity index (χ1n) is 8.47. The van der Waals surface area contributed by atoms with Crippen LogP contribution in [-0.2, 0) is 11.2 Å². The van der Waals surface area contributed by atoms with Crippen molar-refractivity contribution in [2.75, 3.05) is 18.0 Å². The first-order valence-corrected chi connectivity index (χ1v) is 8.85. The van der Waals surface area contributed by atoms with Crippen LogP contribution in [0.4, 0.5) is 5.82 Å². The van der Waals surface area contributed by atoms with E-state index in [1.807, 2.05) is 18.2 Å². The molecule has 1 fully saturated rings. The molecule has 0 saturated carbocycles. The summed E-state index contributed by atoms with van der Waals surface area (Å²) in [6.07, 6.45) is 4.72. The van der Waals surface area contributed by atoms with Gasteiger partial charge >= 0.3 is 0 Å². The fraction of sp³-hybridized carbons (Fsp3) is 0.389. The lowest BCUT2D eigenvalue weighted by molar-refractivity contribution is -0.128. The summed E-state index contributed by atoms with van der Waals surface area (Å²) in [4.78, 5) is 23.0. The molecule has 2 heterocycles. The standard InChI is InChI=1S/C18H21ClN4O2/c19-14-7-5-13(6-8-14)18-20-15(12-17(24)22-25)11-16(21-18)23-9-3-1-2-4-10-23/h5-8,11,25H,1-4,9-10,12H2,(H,22,24). The number of amides is 1. The van der Waals surface area contributed by atoms with Gasteiger partial charge in [0.25, 0.3) is 0 Å². The summed E-state index contributed by atoms with van der Waals surface area (Å²) >= 11 is 5.96. The minimum atomic E-state index is -0.498. The highest BCUT2D eigenvalue weighted by molar-refractivity contribution is 6.30. The fourth-order valence-corrected chi connectivity index (χ4v) is 3.09. The number of aromatic nitrogens is 2. The van der Waals surface area contributed by atoms with E-state index in [1.54, 1.807) is 17.6 Å². The predicted molar refractivity (Wildman–Crippen MR) is 96.8 cm³/mol. The molecule has 1 aliphatic rings. The Kier molecular flexibility index (Phi) is 5.83. The number of carbonyl (C=O) groups excluding carboxylic acids is 1. The van der Waals surface area contributed by atoms with Crippen molar-refractivity contribution in [1.82, 2.24) is 15.4 Å². The lowest BCUT2D eigenvalue weighted by Crippen LogP contribution is -2.26. The number of halogens is 1. The van der Waals surface area contributed by atoms with Crippen molar-refractivity contribution in [2.45, 2.75) is 32.1 Å². The fourth-order valence-electron chi connectivity index (χ4n) is 2.97. The van der Waals surface area contributed by atoms with Crippen molar-refractivity contribution in [2.24, 2.45) is 0 Å². The van der Waals surface area contributed by atoms with Crippen molar-refractivity contribution in [3.05, 3.63) is 41.0 Å². The minimum absolute atomic E-state index is 0.000446. The summed E-state index contributed by atoms with van der Waals surface area (Å²) in [7, 11) is 0. The third kappa shape index (κ3) is 4.67. The zero-order valence-corrected chi connectivity index (χ0v) is 14.7. The van der Waals surface area contributed by atoms with E-state index in [9.17, 15) is 4.79 Å². The van der Waals surface area contributed by atoms with Crippen LogP contribution in [0, 0.1) is 0 Å². The van der Waals surface area contributed by atoms with Gasteiger partial charge in [0.2, 0.25) is 5.91 Å². The molecule has 2 N–H and O–H groups in total. The van der Waals surface area contributed by atoms with Gasteiger partial charge in [-0.2, -0.15) is 0 Å². The van der Waals surface area contributed by atoms with Crippen molar-refractivity contribution < 1.29 is 10.0 Å². The average molecular weight is 361 g/mol. The first-order chi connectivity index (χ1) is 12.2. The highest BCUT2D eigenvalue weighted by Crippen LogP contribution is 2.24. The van der Waals surface area contributed by atoms with Crippen molar-refractivity contribution >= 4 is 23.3 Å². The Labute approximate surface area is 151 Å². The summed E-state index contributed by atoms with van der Waals surface area (Å²) in [6, 6.07) is 9.14. The van der Waals surface area contributed by atoms with Crippen LogP contribution >= 0.6 is 11.6 Å². The Balaban J connectivity index is 1.97. The molecule has 0 atom stereocenters. The topological polar surface area (TPSA) is 78.4 Å². The highest BCUT2D eigenvalue weighted by Gasteiger charge is 2.16. The zero-order valence-electron chi connectivity index (χ0n) is 13.9. The van der Waals surface area contributed by atoms with E-state index in [-0.39, 0.29) is 6.42 Å². The van der Waals surface area contributed by atoms with Crippen LogP contribution in [-0.4, -0.2) is 34.2 Å². The lowest BCUT2D eigenvalue weighted by atomic mass is 10.2. The van der Waals surface area contributed by atoms with Gasteiger partial charge < -0.3 is 4.90 Å². The molecule has 0 radical (unpaired) electrons. The second-order valence-electron chi connectivity index (χ2n) is 6.16. The summed E-state index contributed by atoms with van der Waals surface area (Å²) in [5.41, 5.74) is 3.07. The second-order valence-corrected chi connectivity index (χ2v) is 6.60. The Morgan fingerprint density at radius 3 is 2.44 bits per heavy atom. The van der Waals surface area contributed by atoms with E-state index in [1.165, 1.54) is 12.8 Å². The number of nitrogens with zero attached hydrogens (tertiary/aromatic N) is 3. The van der Waals surface area contributed by atoms with Gasteiger partial charge in [0.05, 0.1) is 12.1 Å². The molecule has 132 valence electrons. The third-order valence-electron chi connectivity index (χ3n) is 4.26. The first kappa shape index (κ1) is 17.6. The maximum Gasteiger partial charge on any atom is 0.249 e. The smallest absolute Gasteiger partial charge is 0.249 e. The van der Waals surface area contributed by atoms with E-state index in [0.29, 0.717) is 16.5 Å². The van der Waals surface area contributed by atoms with Crippen LogP contribution in [0.15, 0.2) is 30.3 Å². The molecule has 7 heteroatoms. The number of hydrogen-bond donors (Lipinski definition) is 2. The van der Waals surface area contributed by atoms with Crippen LogP contribution in [0.5, 0.6) is 0 Å². The van der Waals surface area contributed by atoms with Crippen LogP contribution in [0.3, 0.4) is 0 Å². The molecule has 2 aromatic rings. The molecular weight excluding hydrogens is 340 g/mol. The van der Waals surface area contributed by atoms with E-state index in [2.05, 4.69) is 9.88 Å². The van der Waals surface area contributed by atoms with E-state index >= 15 is 0 Å². The molecular formula is C18H21ClN4O2. The largest absolute Gasteiger partial charge is 0.356 e. The second kappa shape index (κ2) is 8.27. The molecule has 25 heavy (non-hydrogen) atoms. The number of hydroxylamine groups is 1. The maximum absolute atomic E-state index is 11.6. The number of anilines is 1. The quantitative estimate of drug-likeness (QED) is 0.646. The number of nitrogens with one attached hydrogen (secondary N) is 1. The molecule has 0 unspecified atom stereocenters. The van der Waals surface area contributed by atoms with Gasteiger partial charge in [-0.3, -0.25) is 10.0 Å².